The number of nitro benzene ring substituents is 1. The summed E-state index contributed by atoms with van der Waals surface area (Å²) in [5.74, 6) is 0.311. The van der Waals surface area contributed by atoms with Crippen LogP contribution < -0.4 is 10.1 Å². The van der Waals surface area contributed by atoms with Gasteiger partial charge < -0.3 is 30.1 Å². The zero-order chi connectivity index (χ0) is 16.4. The molecule has 9 nitrogen and oxygen atoms in total. The summed E-state index contributed by atoms with van der Waals surface area (Å²) in [6.07, 6.45) is -5.93. The van der Waals surface area contributed by atoms with E-state index in [0.29, 0.717) is 5.75 Å². The normalized spacial score (nSPS) is 31.6. The van der Waals surface area contributed by atoms with Crippen LogP contribution in [0.2, 0.25) is 0 Å². The minimum Gasteiger partial charge on any atom is -0.496 e. The number of nitro groups is 1. The second-order valence-corrected chi connectivity index (χ2v) is 5.02. The van der Waals surface area contributed by atoms with Crippen LogP contribution in [0.15, 0.2) is 18.2 Å². The van der Waals surface area contributed by atoms with Crippen LogP contribution in [-0.2, 0) is 4.74 Å². The Bertz CT molecular complexity index is 553. The molecule has 5 atom stereocenters. The number of methoxy groups -OCH3 is 1. The number of benzene rings is 1. The first kappa shape index (κ1) is 16.4. The van der Waals surface area contributed by atoms with Gasteiger partial charge in [0.2, 0.25) is 0 Å². The van der Waals surface area contributed by atoms with Crippen LogP contribution in [0.3, 0.4) is 0 Å². The molecule has 1 aromatic carbocycles. The molecule has 0 amide bonds. The van der Waals surface area contributed by atoms with Crippen molar-refractivity contribution in [3.8, 4) is 5.75 Å². The third-order valence-corrected chi connectivity index (χ3v) is 3.55. The molecule has 9 heteroatoms. The van der Waals surface area contributed by atoms with Gasteiger partial charge in [0.25, 0.3) is 5.69 Å². The first-order chi connectivity index (χ1) is 10.3. The summed E-state index contributed by atoms with van der Waals surface area (Å²) in [5.41, 5.74) is -0.158. The van der Waals surface area contributed by atoms with Gasteiger partial charge >= 0.3 is 0 Å². The summed E-state index contributed by atoms with van der Waals surface area (Å²) in [6, 6.07) is 4.15. The molecule has 1 aromatic rings. The SMILES string of the molecule is COc1ccc(N[C@@H]2O[C@H](C)[C@H](O)[C@H](O)[C@H]2O)c([N+](=O)[O-])c1. The van der Waals surface area contributed by atoms with Gasteiger partial charge in [-0.2, -0.15) is 0 Å². The van der Waals surface area contributed by atoms with Gasteiger partial charge in [0.15, 0.2) is 6.23 Å². The molecule has 22 heavy (non-hydrogen) atoms. The van der Waals surface area contributed by atoms with Crippen molar-refractivity contribution >= 4 is 11.4 Å². The van der Waals surface area contributed by atoms with Crippen LogP contribution in [0.25, 0.3) is 0 Å². The largest absolute Gasteiger partial charge is 0.496 e. The highest BCUT2D eigenvalue weighted by Gasteiger charge is 2.42. The van der Waals surface area contributed by atoms with Crippen molar-refractivity contribution in [2.45, 2.75) is 37.6 Å². The molecule has 1 aliphatic heterocycles. The van der Waals surface area contributed by atoms with Gasteiger partial charge in [0.1, 0.15) is 29.7 Å². The lowest BCUT2D eigenvalue weighted by Crippen LogP contribution is -2.58. The minimum absolute atomic E-state index is 0.102. The minimum atomic E-state index is -1.44. The van der Waals surface area contributed by atoms with Crippen LogP contribution in [0.5, 0.6) is 5.75 Å². The quantitative estimate of drug-likeness (QED) is 0.445. The van der Waals surface area contributed by atoms with Crippen molar-refractivity contribution in [1.82, 2.24) is 0 Å². The Labute approximate surface area is 126 Å². The molecule has 0 bridgehead atoms. The summed E-state index contributed by atoms with van der Waals surface area (Å²) in [7, 11) is 1.39. The van der Waals surface area contributed by atoms with Gasteiger partial charge in [0.05, 0.1) is 24.2 Å². The topological polar surface area (TPSA) is 134 Å². The van der Waals surface area contributed by atoms with E-state index >= 15 is 0 Å². The molecule has 122 valence electrons. The Morgan fingerprint density at radius 1 is 1.27 bits per heavy atom. The molecular weight excluding hydrogens is 296 g/mol. The van der Waals surface area contributed by atoms with Crippen LogP contribution in [0.1, 0.15) is 6.92 Å². The maximum Gasteiger partial charge on any atom is 0.296 e. The van der Waals surface area contributed by atoms with Crippen molar-refractivity contribution in [1.29, 1.82) is 0 Å². The number of aliphatic hydroxyl groups excluding tert-OH is 3. The van der Waals surface area contributed by atoms with E-state index in [1.807, 2.05) is 0 Å². The fourth-order valence-corrected chi connectivity index (χ4v) is 2.24. The number of nitrogens with zero attached hydrogens (tertiary/aromatic N) is 1. The van der Waals surface area contributed by atoms with Crippen LogP contribution in [0, 0.1) is 10.1 Å². The standard InChI is InChI=1S/C13H18N2O7/c1-6-10(16)11(17)12(18)13(22-6)14-8-4-3-7(21-2)5-9(8)15(19)20/h3-6,10-14,16-18H,1-2H3/t6-,10+,11+,12-,13-/m1/s1. The van der Waals surface area contributed by atoms with E-state index in [-0.39, 0.29) is 11.4 Å². The number of anilines is 1. The van der Waals surface area contributed by atoms with Crippen LogP contribution in [-0.4, -0.2) is 58.0 Å². The molecule has 0 aliphatic carbocycles. The van der Waals surface area contributed by atoms with Crippen molar-refractivity contribution < 1.29 is 29.7 Å². The molecule has 1 heterocycles. The molecule has 0 radical (unpaired) electrons. The molecule has 1 saturated heterocycles. The Balaban J connectivity index is 2.24. The Hall–Kier alpha value is -1.94. The maximum absolute atomic E-state index is 11.1. The Morgan fingerprint density at radius 3 is 2.55 bits per heavy atom. The Morgan fingerprint density at radius 2 is 1.95 bits per heavy atom. The maximum atomic E-state index is 11.1. The van der Waals surface area contributed by atoms with Crippen molar-refractivity contribution in [2.24, 2.45) is 0 Å². The highest BCUT2D eigenvalue weighted by molar-refractivity contribution is 5.64. The fourth-order valence-electron chi connectivity index (χ4n) is 2.24. The third-order valence-electron chi connectivity index (χ3n) is 3.55. The van der Waals surface area contributed by atoms with E-state index in [2.05, 4.69) is 5.32 Å². The second kappa shape index (κ2) is 6.44. The summed E-state index contributed by atoms with van der Waals surface area (Å²) in [5, 5.41) is 43.1. The number of rotatable bonds is 4. The van der Waals surface area contributed by atoms with E-state index in [9.17, 15) is 25.4 Å². The number of hydrogen-bond acceptors (Lipinski definition) is 8. The summed E-state index contributed by atoms with van der Waals surface area (Å²) < 4.78 is 10.3. The lowest BCUT2D eigenvalue weighted by molar-refractivity contribution is -0.384. The van der Waals surface area contributed by atoms with Gasteiger partial charge in [-0.15, -0.1) is 0 Å². The third kappa shape index (κ3) is 3.12. The molecule has 1 aliphatic rings. The van der Waals surface area contributed by atoms with E-state index in [4.69, 9.17) is 9.47 Å². The molecule has 0 saturated carbocycles. The number of hydrogen-bond donors (Lipinski definition) is 4. The summed E-state index contributed by atoms with van der Waals surface area (Å²) >= 11 is 0. The molecule has 2 rings (SSSR count). The van der Waals surface area contributed by atoms with Gasteiger partial charge in [-0.3, -0.25) is 10.1 Å². The Kier molecular flexibility index (Phi) is 4.81. The van der Waals surface area contributed by atoms with Gasteiger partial charge in [-0.05, 0) is 19.1 Å². The van der Waals surface area contributed by atoms with Crippen LogP contribution >= 0.6 is 0 Å². The molecule has 0 unspecified atom stereocenters. The number of aliphatic hydroxyl groups is 3. The zero-order valence-electron chi connectivity index (χ0n) is 12.0. The molecule has 1 fully saturated rings. The number of nitrogens with one attached hydrogen (secondary N) is 1. The predicted molar refractivity (Wildman–Crippen MR) is 75.6 cm³/mol. The summed E-state index contributed by atoms with van der Waals surface area (Å²) in [4.78, 5) is 10.5. The first-order valence-corrected chi connectivity index (χ1v) is 6.63. The predicted octanol–water partition coefficient (Wildman–Crippen LogP) is -0.157. The van der Waals surface area contributed by atoms with Gasteiger partial charge in [-0.25, -0.2) is 0 Å². The monoisotopic (exact) mass is 314 g/mol. The average molecular weight is 314 g/mol. The van der Waals surface area contributed by atoms with Crippen molar-refractivity contribution in [3.05, 3.63) is 28.3 Å². The highest BCUT2D eigenvalue weighted by atomic mass is 16.6. The average Bonchev–Trinajstić information content (AvgIpc) is 2.50. The molecule has 0 aromatic heterocycles. The van der Waals surface area contributed by atoms with Crippen molar-refractivity contribution in [2.75, 3.05) is 12.4 Å². The number of ether oxygens (including phenoxy) is 2. The van der Waals surface area contributed by atoms with E-state index in [1.54, 1.807) is 0 Å². The van der Waals surface area contributed by atoms with E-state index < -0.39 is 35.6 Å². The van der Waals surface area contributed by atoms with Crippen LogP contribution in [0.4, 0.5) is 11.4 Å². The molecule has 0 spiro atoms. The molecule has 4 N–H and O–H groups in total. The van der Waals surface area contributed by atoms with Crippen molar-refractivity contribution in [3.63, 3.8) is 0 Å². The van der Waals surface area contributed by atoms with Gasteiger partial charge in [0, 0.05) is 0 Å². The lowest BCUT2D eigenvalue weighted by Gasteiger charge is -2.39. The highest BCUT2D eigenvalue weighted by Crippen LogP contribution is 2.31. The zero-order valence-corrected chi connectivity index (χ0v) is 12.0. The van der Waals surface area contributed by atoms with Gasteiger partial charge in [-0.1, -0.05) is 0 Å². The second-order valence-electron chi connectivity index (χ2n) is 5.02. The van der Waals surface area contributed by atoms with E-state index in [0.717, 1.165) is 0 Å². The lowest BCUT2D eigenvalue weighted by atomic mass is 9.99. The first-order valence-electron chi connectivity index (χ1n) is 6.63. The smallest absolute Gasteiger partial charge is 0.296 e. The van der Waals surface area contributed by atoms with E-state index in [1.165, 1.54) is 32.2 Å². The molecular formula is C13H18N2O7. The summed E-state index contributed by atoms with van der Waals surface area (Å²) in [6.45, 7) is 1.52. The fraction of sp³-hybridized carbons (Fsp3) is 0.538.